The van der Waals surface area contributed by atoms with Crippen LogP contribution in [0.25, 0.3) is 0 Å². The normalized spacial score (nSPS) is 19.4. The Hall–Kier alpha value is -1.55. The minimum atomic E-state index is -0.160. The van der Waals surface area contributed by atoms with E-state index in [0.29, 0.717) is 13.0 Å². The van der Waals surface area contributed by atoms with Crippen LogP contribution in [0.15, 0.2) is 18.2 Å². The van der Waals surface area contributed by atoms with Crippen LogP contribution in [0, 0.1) is 0 Å². The maximum absolute atomic E-state index is 11.4. The third-order valence-corrected chi connectivity index (χ3v) is 2.72. The summed E-state index contributed by atoms with van der Waals surface area (Å²) in [4.78, 5) is 11.4. The number of amides is 1. The summed E-state index contributed by atoms with van der Waals surface area (Å²) in [6.45, 7) is 0.627. The minimum absolute atomic E-state index is 0.00808. The number of carbonyl (C=O) groups is 1. The van der Waals surface area contributed by atoms with Crippen molar-refractivity contribution >= 4 is 5.91 Å². The first-order valence-electron chi connectivity index (χ1n) is 4.96. The van der Waals surface area contributed by atoms with Gasteiger partial charge in [0.05, 0.1) is 6.04 Å². The molecule has 0 aliphatic carbocycles. The van der Waals surface area contributed by atoms with Crippen molar-refractivity contribution in [2.24, 2.45) is 0 Å². The average Bonchev–Trinajstić information content (AvgIpc) is 2.27. The molecule has 1 aliphatic rings. The van der Waals surface area contributed by atoms with Gasteiger partial charge in [-0.1, -0.05) is 6.07 Å². The second kappa shape index (κ2) is 3.90. The lowest BCUT2D eigenvalue weighted by Crippen LogP contribution is -2.46. The molecule has 2 rings (SSSR count). The van der Waals surface area contributed by atoms with E-state index in [1.54, 1.807) is 19.2 Å². The number of hydrogen-bond acceptors (Lipinski definition) is 3. The molecule has 4 nitrogen and oxygen atoms in total. The van der Waals surface area contributed by atoms with Crippen LogP contribution in [-0.4, -0.2) is 24.1 Å². The second-order valence-corrected chi connectivity index (χ2v) is 3.70. The number of fused-ring (bicyclic) bond motifs is 1. The van der Waals surface area contributed by atoms with Gasteiger partial charge in [0.15, 0.2) is 0 Å². The minimum Gasteiger partial charge on any atom is -0.508 e. The number of carbonyl (C=O) groups excluding carboxylic acids is 1. The van der Waals surface area contributed by atoms with E-state index in [1.807, 2.05) is 6.07 Å². The highest BCUT2D eigenvalue weighted by Crippen LogP contribution is 2.21. The van der Waals surface area contributed by atoms with Crippen molar-refractivity contribution in [3.63, 3.8) is 0 Å². The molecule has 1 atom stereocenters. The van der Waals surface area contributed by atoms with E-state index in [-0.39, 0.29) is 17.7 Å². The third-order valence-electron chi connectivity index (χ3n) is 2.72. The van der Waals surface area contributed by atoms with E-state index >= 15 is 0 Å². The zero-order valence-corrected chi connectivity index (χ0v) is 8.58. The van der Waals surface area contributed by atoms with Crippen molar-refractivity contribution in [1.29, 1.82) is 0 Å². The van der Waals surface area contributed by atoms with Gasteiger partial charge in [-0.2, -0.15) is 0 Å². The summed E-state index contributed by atoms with van der Waals surface area (Å²) in [6.07, 6.45) is 0.676. The van der Waals surface area contributed by atoms with Gasteiger partial charge < -0.3 is 15.7 Å². The molecular weight excluding hydrogens is 192 g/mol. The molecule has 4 heteroatoms. The number of aromatic hydroxyl groups is 1. The maximum atomic E-state index is 11.4. The summed E-state index contributed by atoms with van der Waals surface area (Å²) in [5, 5.41) is 15.1. The quantitative estimate of drug-likeness (QED) is 0.613. The standard InChI is InChI=1S/C11H14N2O2/c1-12-11(15)10-5-7-2-3-9(14)4-8(7)6-13-10/h2-4,10,13-14H,5-6H2,1H3,(H,12,15). The molecule has 15 heavy (non-hydrogen) atoms. The van der Waals surface area contributed by atoms with Crippen molar-refractivity contribution in [3.05, 3.63) is 29.3 Å². The van der Waals surface area contributed by atoms with Crippen LogP contribution in [-0.2, 0) is 17.8 Å². The number of phenols is 1. The Balaban J connectivity index is 2.20. The monoisotopic (exact) mass is 206 g/mol. The van der Waals surface area contributed by atoms with Crippen molar-refractivity contribution in [2.75, 3.05) is 7.05 Å². The summed E-state index contributed by atoms with van der Waals surface area (Å²) in [6, 6.07) is 5.11. The van der Waals surface area contributed by atoms with Crippen LogP contribution in [0.4, 0.5) is 0 Å². The van der Waals surface area contributed by atoms with Crippen LogP contribution in [0.3, 0.4) is 0 Å². The average molecular weight is 206 g/mol. The van der Waals surface area contributed by atoms with Gasteiger partial charge in [0.25, 0.3) is 0 Å². The van der Waals surface area contributed by atoms with E-state index < -0.39 is 0 Å². The summed E-state index contributed by atoms with van der Waals surface area (Å²) in [5.74, 6) is 0.280. The Kier molecular flexibility index (Phi) is 2.60. The lowest BCUT2D eigenvalue weighted by Gasteiger charge is -2.24. The summed E-state index contributed by atoms with van der Waals surface area (Å²) < 4.78 is 0. The van der Waals surface area contributed by atoms with E-state index in [4.69, 9.17) is 0 Å². The van der Waals surface area contributed by atoms with Crippen molar-refractivity contribution in [2.45, 2.75) is 19.0 Å². The Bertz CT molecular complexity index is 390. The lowest BCUT2D eigenvalue weighted by molar-refractivity contribution is -0.122. The molecule has 0 saturated heterocycles. The summed E-state index contributed by atoms with van der Waals surface area (Å²) >= 11 is 0. The predicted molar refractivity (Wildman–Crippen MR) is 56.5 cm³/mol. The molecule has 0 saturated carbocycles. The van der Waals surface area contributed by atoms with E-state index in [2.05, 4.69) is 10.6 Å². The molecule has 0 aromatic heterocycles. The first-order chi connectivity index (χ1) is 7.20. The van der Waals surface area contributed by atoms with Crippen molar-refractivity contribution in [3.8, 4) is 5.75 Å². The van der Waals surface area contributed by atoms with Gasteiger partial charge in [0.2, 0.25) is 5.91 Å². The first kappa shape index (κ1) is 9.98. The fourth-order valence-electron chi connectivity index (χ4n) is 1.86. The molecule has 1 heterocycles. The molecule has 0 bridgehead atoms. The number of likely N-dealkylation sites (N-methyl/N-ethyl adjacent to an activating group) is 1. The van der Waals surface area contributed by atoms with Gasteiger partial charge in [-0.15, -0.1) is 0 Å². The highest BCUT2D eigenvalue weighted by atomic mass is 16.3. The van der Waals surface area contributed by atoms with E-state index in [9.17, 15) is 9.90 Å². The zero-order valence-electron chi connectivity index (χ0n) is 8.58. The van der Waals surface area contributed by atoms with Crippen LogP contribution in [0.2, 0.25) is 0 Å². The Morgan fingerprint density at radius 2 is 2.33 bits per heavy atom. The number of nitrogens with one attached hydrogen (secondary N) is 2. The Morgan fingerprint density at radius 1 is 1.53 bits per heavy atom. The van der Waals surface area contributed by atoms with Crippen molar-refractivity contribution < 1.29 is 9.90 Å². The first-order valence-corrected chi connectivity index (χ1v) is 4.96. The maximum Gasteiger partial charge on any atom is 0.237 e. The molecule has 3 N–H and O–H groups in total. The SMILES string of the molecule is CNC(=O)C1Cc2ccc(O)cc2CN1. The van der Waals surface area contributed by atoms with Gasteiger partial charge in [-0.25, -0.2) is 0 Å². The van der Waals surface area contributed by atoms with Gasteiger partial charge in [-0.05, 0) is 29.7 Å². The smallest absolute Gasteiger partial charge is 0.237 e. The van der Waals surface area contributed by atoms with Crippen LogP contribution < -0.4 is 10.6 Å². The molecule has 0 radical (unpaired) electrons. The summed E-state index contributed by atoms with van der Waals surface area (Å²) in [7, 11) is 1.64. The predicted octanol–water partition coefficient (Wildman–Crippen LogP) is 0.152. The number of rotatable bonds is 1. The van der Waals surface area contributed by atoms with Gasteiger partial charge in [-0.3, -0.25) is 4.79 Å². The Morgan fingerprint density at radius 3 is 3.07 bits per heavy atom. The van der Waals surface area contributed by atoms with Crippen LogP contribution >= 0.6 is 0 Å². The topological polar surface area (TPSA) is 61.4 Å². The molecule has 0 fully saturated rings. The van der Waals surface area contributed by atoms with Gasteiger partial charge in [0, 0.05) is 13.6 Å². The molecule has 1 aromatic rings. The highest BCUT2D eigenvalue weighted by Gasteiger charge is 2.23. The fourth-order valence-corrected chi connectivity index (χ4v) is 1.86. The molecule has 1 aromatic carbocycles. The highest BCUT2D eigenvalue weighted by molar-refractivity contribution is 5.82. The molecule has 0 spiro atoms. The molecule has 1 aliphatic heterocycles. The number of phenolic OH excluding ortho intramolecular Hbond substituents is 1. The van der Waals surface area contributed by atoms with E-state index in [0.717, 1.165) is 11.1 Å². The summed E-state index contributed by atoms with van der Waals surface area (Å²) in [5.41, 5.74) is 2.19. The molecule has 1 unspecified atom stereocenters. The van der Waals surface area contributed by atoms with Crippen LogP contribution in [0.1, 0.15) is 11.1 Å². The molecule has 80 valence electrons. The Labute approximate surface area is 88.3 Å². The molecule has 1 amide bonds. The molecular formula is C11H14N2O2. The van der Waals surface area contributed by atoms with Gasteiger partial charge >= 0.3 is 0 Å². The fraction of sp³-hybridized carbons (Fsp3) is 0.364. The van der Waals surface area contributed by atoms with Crippen LogP contribution in [0.5, 0.6) is 5.75 Å². The number of hydrogen-bond donors (Lipinski definition) is 3. The van der Waals surface area contributed by atoms with Crippen molar-refractivity contribution in [1.82, 2.24) is 10.6 Å². The van der Waals surface area contributed by atoms with Gasteiger partial charge in [0.1, 0.15) is 5.75 Å². The zero-order chi connectivity index (χ0) is 10.8. The van der Waals surface area contributed by atoms with E-state index in [1.165, 1.54) is 0 Å². The number of benzene rings is 1. The largest absolute Gasteiger partial charge is 0.508 e. The lowest BCUT2D eigenvalue weighted by atomic mass is 9.95. The third kappa shape index (κ3) is 1.94. The second-order valence-electron chi connectivity index (χ2n) is 3.70.